The Kier molecular flexibility index (Phi) is 6.13. The van der Waals surface area contributed by atoms with Crippen LogP contribution in [0, 0.1) is 6.92 Å². The minimum absolute atomic E-state index is 0.0799. The maximum Gasteiger partial charge on any atom is 0.240 e. The van der Waals surface area contributed by atoms with Gasteiger partial charge in [0.15, 0.2) is 5.17 Å². The maximum absolute atomic E-state index is 12.3. The van der Waals surface area contributed by atoms with Gasteiger partial charge in [-0.1, -0.05) is 30.0 Å². The van der Waals surface area contributed by atoms with Crippen molar-refractivity contribution in [2.24, 2.45) is 4.99 Å². The molecule has 0 saturated carbocycles. The number of amides is 2. The molecule has 1 aliphatic heterocycles. The molecule has 7 heteroatoms. The topological polar surface area (TPSA) is 79.8 Å². The quantitative estimate of drug-likeness (QED) is 0.798. The average molecular weight is 383 g/mol. The number of hydrogen-bond donors (Lipinski definition) is 2. The molecular weight excluding hydrogens is 362 g/mol. The second kappa shape index (κ2) is 8.73. The largest absolute Gasteiger partial charge is 0.494 e. The van der Waals surface area contributed by atoms with E-state index in [2.05, 4.69) is 15.6 Å². The van der Waals surface area contributed by atoms with Gasteiger partial charge in [0.05, 0.1) is 12.3 Å². The fourth-order valence-electron chi connectivity index (χ4n) is 2.57. The number of anilines is 1. The summed E-state index contributed by atoms with van der Waals surface area (Å²) in [7, 11) is 0. The molecule has 2 aromatic rings. The van der Waals surface area contributed by atoms with Crippen LogP contribution in [0.1, 0.15) is 18.9 Å². The summed E-state index contributed by atoms with van der Waals surface area (Å²) in [5, 5.41) is 5.58. The lowest BCUT2D eigenvalue weighted by molar-refractivity contribution is -0.122. The number of nitrogens with zero attached hydrogens (tertiary/aromatic N) is 1. The highest BCUT2D eigenvalue weighted by Crippen LogP contribution is 2.27. The number of para-hydroxylation sites is 1. The van der Waals surface area contributed by atoms with E-state index in [1.807, 2.05) is 38.1 Å². The van der Waals surface area contributed by atoms with Crippen molar-refractivity contribution >= 4 is 40.1 Å². The lowest BCUT2D eigenvalue weighted by atomic mass is 10.2. The number of hydrogen-bond acceptors (Lipinski definition) is 5. The van der Waals surface area contributed by atoms with E-state index in [9.17, 15) is 9.59 Å². The molecule has 0 aromatic heterocycles. The molecule has 1 saturated heterocycles. The van der Waals surface area contributed by atoms with Crippen LogP contribution in [0.5, 0.6) is 5.75 Å². The zero-order chi connectivity index (χ0) is 19.2. The highest BCUT2D eigenvalue weighted by atomic mass is 32.2. The molecule has 1 atom stereocenters. The van der Waals surface area contributed by atoms with Crippen LogP contribution >= 0.6 is 11.8 Å². The summed E-state index contributed by atoms with van der Waals surface area (Å²) >= 11 is 1.28. The zero-order valence-corrected chi connectivity index (χ0v) is 16.0. The number of nitrogens with one attached hydrogen (secondary N) is 2. The summed E-state index contributed by atoms with van der Waals surface area (Å²) in [5.74, 6) is 0.330. The molecule has 0 aliphatic carbocycles. The predicted octanol–water partition coefficient (Wildman–Crippen LogP) is 3.64. The normalized spacial score (nSPS) is 17.6. The van der Waals surface area contributed by atoms with Crippen LogP contribution in [0.15, 0.2) is 53.5 Å². The van der Waals surface area contributed by atoms with Gasteiger partial charge >= 0.3 is 0 Å². The van der Waals surface area contributed by atoms with E-state index in [1.54, 1.807) is 24.3 Å². The summed E-state index contributed by atoms with van der Waals surface area (Å²) in [6.07, 6.45) is 0.0799. The molecule has 2 amide bonds. The molecule has 1 unspecified atom stereocenters. The summed E-state index contributed by atoms with van der Waals surface area (Å²) in [4.78, 5) is 28.9. The summed E-state index contributed by atoms with van der Waals surface area (Å²) < 4.78 is 5.37. The van der Waals surface area contributed by atoms with Gasteiger partial charge in [-0.3, -0.25) is 9.59 Å². The lowest BCUT2D eigenvalue weighted by Gasteiger charge is -2.08. The molecule has 140 valence electrons. The van der Waals surface area contributed by atoms with Gasteiger partial charge in [0.2, 0.25) is 11.8 Å². The number of aryl methyl sites for hydroxylation is 1. The first-order valence-electron chi connectivity index (χ1n) is 8.69. The molecule has 6 nitrogen and oxygen atoms in total. The molecule has 27 heavy (non-hydrogen) atoms. The highest BCUT2D eigenvalue weighted by molar-refractivity contribution is 8.15. The first kappa shape index (κ1) is 19.0. The number of ether oxygens (including phenoxy) is 1. The molecule has 2 N–H and O–H groups in total. The number of aliphatic imine (C=N–C) groups is 1. The number of thioether (sulfide) groups is 1. The van der Waals surface area contributed by atoms with E-state index < -0.39 is 5.25 Å². The Balaban J connectivity index is 1.58. The van der Waals surface area contributed by atoms with Crippen LogP contribution in [-0.2, 0) is 9.59 Å². The van der Waals surface area contributed by atoms with E-state index in [-0.39, 0.29) is 18.2 Å². The summed E-state index contributed by atoms with van der Waals surface area (Å²) in [6.45, 7) is 4.46. The molecule has 2 aromatic carbocycles. The molecule has 1 heterocycles. The fourth-order valence-corrected chi connectivity index (χ4v) is 3.55. The Morgan fingerprint density at radius 1 is 1.22 bits per heavy atom. The zero-order valence-electron chi connectivity index (χ0n) is 15.2. The van der Waals surface area contributed by atoms with Crippen molar-refractivity contribution < 1.29 is 14.3 Å². The molecule has 1 fully saturated rings. The van der Waals surface area contributed by atoms with Crippen LogP contribution in [0.4, 0.5) is 11.4 Å². The van der Waals surface area contributed by atoms with Crippen molar-refractivity contribution in [2.45, 2.75) is 25.5 Å². The van der Waals surface area contributed by atoms with E-state index >= 15 is 0 Å². The Morgan fingerprint density at radius 3 is 2.67 bits per heavy atom. The van der Waals surface area contributed by atoms with Crippen molar-refractivity contribution in [1.82, 2.24) is 5.32 Å². The maximum atomic E-state index is 12.3. The van der Waals surface area contributed by atoms with Crippen molar-refractivity contribution in [3.8, 4) is 5.75 Å². The van der Waals surface area contributed by atoms with E-state index in [1.165, 1.54) is 11.8 Å². The van der Waals surface area contributed by atoms with Gasteiger partial charge in [-0.2, -0.15) is 0 Å². The van der Waals surface area contributed by atoms with Gasteiger partial charge in [-0.15, -0.1) is 0 Å². The summed E-state index contributed by atoms with van der Waals surface area (Å²) in [5.41, 5.74) is 2.50. The van der Waals surface area contributed by atoms with E-state index in [0.29, 0.717) is 17.5 Å². The van der Waals surface area contributed by atoms with Crippen LogP contribution in [0.25, 0.3) is 0 Å². The Hall–Kier alpha value is -2.80. The Labute approximate surface area is 162 Å². The third kappa shape index (κ3) is 5.10. The van der Waals surface area contributed by atoms with Crippen LogP contribution in [0.3, 0.4) is 0 Å². The first-order chi connectivity index (χ1) is 13.0. The monoisotopic (exact) mass is 383 g/mol. The van der Waals surface area contributed by atoms with Crippen molar-refractivity contribution in [1.29, 1.82) is 0 Å². The number of carbonyl (C=O) groups excluding carboxylic acids is 2. The van der Waals surface area contributed by atoms with E-state index in [4.69, 9.17) is 4.74 Å². The SMILES string of the molecule is CCOc1ccc(NC(=O)CC2SC(=Nc3ccccc3C)NC2=O)cc1. The van der Waals surface area contributed by atoms with Gasteiger partial charge in [0.25, 0.3) is 0 Å². The first-order valence-corrected chi connectivity index (χ1v) is 9.57. The van der Waals surface area contributed by atoms with Crippen LogP contribution in [0.2, 0.25) is 0 Å². The number of rotatable bonds is 6. The molecule has 0 radical (unpaired) electrons. The second-order valence-corrected chi connectivity index (χ2v) is 7.20. The molecule has 1 aliphatic rings. The van der Waals surface area contributed by atoms with Crippen molar-refractivity contribution in [3.63, 3.8) is 0 Å². The predicted molar refractivity (Wildman–Crippen MR) is 109 cm³/mol. The third-order valence-corrected chi connectivity index (χ3v) is 5.02. The van der Waals surface area contributed by atoms with Crippen molar-refractivity contribution in [2.75, 3.05) is 11.9 Å². The molecule has 3 rings (SSSR count). The van der Waals surface area contributed by atoms with Crippen LogP contribution in [-0.4, -0.2) is 28.8 Å². The molecular formula is C20H21N3O3S. The van der Waals surface area contributed by atoms with Crippen molar-refractivity contribution in [3.05, 3.63) is 54.1 Å². The lowest BCUT2D eigenvalue weighted by Crippen LogP contribution is -2.28. The third-order valence-electron chi connectivity index (χ3n) is 3.93. The fraction of sp³-hybridized carbons (Fsp3) is 0.250. The second-order valence-electron chi connectivity index (χ2n) is 6.01. The van der Waals surface area contributed by atoms with Gasteiger partial charge in [-0.25, -0.2) is 4.99 Å². The number of amidine groups is 1. The molecule has 0 bridgehead atoms. The molecule has 0 spiro atoms. The summed E-state index contributed by atoms with van der Waals surface area (Å²) in [6, 6.07) is 14.8. The Bertz CT molecular complexity index is 865. The van der Waals surface area contributed by atoms with Gasteiger partial charge in [0, 0.05) is 12.1 Å². The highest BCUT2D eigenvalue weighted by Gasteiger charge is 2.32. The standard InChI is InChI=1S/C20H21N3O3S/c1-3-26-15-10-8-14(9-11-15)21-18(24)12-17-19(25)23-20(27-17)22-16-7-5-4-6-13(16)2/h4-11,17H,3,12H2,1-2H3,(H,21,24)(H,22,23,25). The van der Waals surface area contributed by atoms with Gasteiger partial charge in [-0.05, 0) is 49.7 Å². The minimum atomic E-state index is -0.490. The van der Waals surface area contributed by atoms with E-state index in [0.717, 1.165) is 17.0 Å². The number of carbonyl (C=O) groups is 2. The number of benzene rings is 2. The van der Waals surface area contributed by atoms with Gasteiger partial charge < -0.3 is 15.4 Å². The average Bonchev–Trinajstić information content (AvgIpc) is 2.98. The smallest absolute Gasteiger partial charge is 0.240 e. The minimum Gasteiger partial charge on any atom is -0.494 e. The Morgan fingerprint density at radius 2 is 1.96 bits per heavy atom. The van der Waals surface area contributed by atoms with Gasteiger partial charge in [0.1, 0.15) is 11.0 Å². The van der Waals surface area contributed by atoms with Crippen LogP contribution < -0.4 is 15.4 Å².